The monoisotopic (exact) mass is 259 g/mol. The van der Waals surface area contributed by atoms with Crippen LogP contribution in [-0.4, -0.2) is 4.98 Å². The molecule has 0 bridgehead atoms. The van der Waals surface area contributed by atoms with Crippen LogP contribution in [0.2, 0.25) is 0 Å². The first-order valence-corrected chi connectivity index (χ1v) is 6.53. The number of para-hydroxylation sites is 1. The van der Waals surface area contributed by atoms with Gasteiger partial charge in [-0.3, -0.25) is 0 Å². The topological polar surface area (TPSA) is 35.3 Å². The number of benzene rings is 1. The first-order valence-electron chi connectivity index (χ1n) is 6.53. The highest BCUT2D eigenvalue weighted by Gasteiger charge is 2.18. The molecule has 1 heterocycles. The number of aromatic nitrogens is 1. The molecule has 0 aliphatic carbocycles. The standard InChI is InChI=1S/C16H21NO2/c1-11-12(2)19-15(17-11)10-18-14-9-7-6-8-13(14)16(3,4)5/h6-9H,10H2,1-5H3. The van der Waals surface area contributed by atoms with E-state index in [-0.39, 0.29) is 5.41 Å². The van der Waals surface area contributed by atoms with Gasteiger partial charge in [0.15, 0.2) is 6.61 Å². The van der Waals surface area contributed by atoms with Crippen molar-refractivity contribution in [3.05, 3.63) is 47.2 Å². The molecule has 3 heteroatoms. The van der Waals surface area contributed by atoms with E-state index in [4.69, 9.17) is 9.15 Å². The predicted molar refractivity (Wildman–Crippen MR) is 75.5 cm³/mol. The Morgan fingerprint density at radius 2 is 1.84 bits per heavy atom. The summed E-state index contributed by atoms with van der Waals surface area (Å²) in [4.78, 5) is 4.33. The van der Waals surface area contributed by atoms with Crippen molar-refractivity contribution < 1.29 is 9.15 Å². The lowest BCUT2D eigenvalue weighted by atomic mass is 9.86. The summed E-state index contributed by atoms with van der Waals surface area (Å²) in [6.07, 6.45) is 0. The predicted octanol–water partition coefficient (Wildman–Crippen LogP) is 4.17. The summed E-state index contributed by atoms with van der Waals surface area (Å²) in [5.74, 6) is 2.37. The molecule has 1 aromatic carbocycles. The highest BCUT2D eigenvalue weighted by atomic mass is 16.5. The quantitative estimate of drug-likeness (QED) is 0.830. The molecule has 0 saturated carbocycles. The molecule has 0 amide bonds. The van der Waals surface area contributed by atoms with Gasteiger partial charge in [0.1, 0.15) is 11.5 Å². The fraction of sp³-hybridized carbons (Fsp3) is 0.438. The van der Waals surface area contributed by atoms with Crippen molar-refractivity contribution in [1.82, 2.24) is 4.98 Å². The van der Waals surface area contributed by atoms with Crippen LogP contribution in [0.1, 0.15) is 43.7 Å². The molecule has 0 spiro atoms. The summed E-state index contributed by atoms with van der Waals surface area (Å²) in [6, 6.07) is 8.11. The summed E-state index contributed by atoms with van der Waals surface area (Å²) in [5, 5.41) is 0. The normalized spacial score (nSPS) is 11.6. The molecule has 0 fully saturated rings. The highest BCUT2D eigenvalue weighted by molar-refractivity contribution is 5.38. The van der Waals surface area contributed by atoms with Gasteiger partial charge >= 0.3 is 0 Å². The Labute approximate surface area is 114 Å². The molecule has 0 unspecified atom stereocenters. The molecule has 102 valence electrons. The summed E-state index contributed by atoms with van der Waals surface area (Å²) in [6.45, 7) is 10.7. The smallest absolute Gasteiger partial charge is 0.232 e. The van der Waals surface area contributed by atoms with Gasteiger partial charge in [-0.15, -0.1) is 0 Å². The number of hydrogen-bond donors (Lipinski definition) is 0. The molecular formula is C16H21NO2. The summed E-state index contributed by atoms with van der Waals surface area (Å²) in [5.41, 5.74) is 2.16. The lowest BCUT2D eigenvalue weighted by Crippen LogP contribution is -2.13. The maximum atomic E-state index is 5.86. The van der Waals surface area contributed by atoms with Crippen molar-refractivity contribution in [2.75, 3.05) is 0 Å². The van der Waals surface area contributed by atoms with Crippen molar-refractivity contribution in [1.29, 1.82) is 0 Å². The van der Waals surface area contributed by atoms with E-state index in [2.05, 4.69) is 31.8 Å². The average Bonchev–Trinajstić information content (AvgIpc) is 2.65. The summed E-state index contributed by atoms with van der Waals surface area (Å²) < 4.78 is 11.4. The Balaban J connectivity index is 2.16. The van der Waals surface area contributed by atoms with E-state index in [1.54, 1.807) is 0 Å². The number of rotatable bonds is 3. The van der Waals surface area contributed by atoms with E-state index in [1.807, 2.05) is 32.0 Å². The fourth-order valence-corrected chi connectivity index (χ4v) is 1.95. The molecule has 3 nitrogen and oxygen atoms in total. The zero-order valence-corrected chi connectivity index (χ0v) is 12.3. The molecule has 0 saturated heterocycles. The lowest BCUT2D eigenvalue weighted by molar-refractivity contribution is 0.255. The molecule has 19 heavy (non-hydrogen) atoms. The van der Waals surface area contributed by atoms with Crippen LogP contribution in [0.3, 0.4) is 0 Å². The molecule has 1 aromatic heterocycles. The second-order valence-electron chi connectivity index (χ2n) is 5.78. The van der Waals surface area contributed by atoms with Gasteiger partial charge in [0.25, 0.3) is 0 Å². The minimum atomic E-state index is 0.0546. The zero-order chi connectivity index (χ0) is 14.0. The van der Waals surface area contributed by atoms with Gasteiger partial charge in [-0.1, -0.05) is 39.0 Å². The van der Waals surface area contributed by atoms with Crippen molar-refractivity contribution in [3.8, 4) is 5.75 Å². The Kier molecular flexibility index (Phi) is 3.65. The summed E-state index contributed by atoms with van der Waals surface area (Å²) in [7, 11) is 0. The van der Waals surface area contributed by atoms with Gasteiger partial charge < -0.3 is 9.15 Å². The van der Waals surface area contributed by atoms with Gasteiger partial charge in [-0.05, 0) is 30.9 Å². The van der Waals surface area contributed by atoms with Gasteiger partial charge in [-0.25, -0.2) is 4.98 Å². The summed E-state index contributed by atoms with van der Waals surface area (Å²) >= 11 is 0. The van der Waals surface area contributed by atoms with Gasteiger partial charge in [0.05, 0.1) is 5.69 Å². The van der Waals surface area contributed by atoms with Crippen LogP contribution >= 0.6 is 0 Å². The van der Waals surface area contributed by atoms with Gasteiger partial charge in [-0.2, -0.15) is 0 Å². The Bertz CT molecular complexity index is 545. The Hall–Kier alpha value is -1.77. The van der Waals surface area contributed by atoms with Crippen LogP contribution < -0.4 is 4.74 Å². The van der Waals surface area contributed by atoms with Crippen LogP contribution in [0, 0.1) is 13.8 Å². The molecular weight excluding hydrogens is 238 g/mol. The molecule has 0 N–H and O–H groups in total. The second kappa shape index (κ2) is 5.08. The third kappa shape index (κ3) is 3.16. The Morgan fingerprint density at radius 3 is 2.42 bits per heavy atom. The molecule has 0 atom stereocenters. The minimum absolute atomic E-state index is 0.0546. The maximum Gasteiger partial charge on any atom is 0.232 e. The van der Waals surface area contributed by atoms with Crippen LogP contribution in [0.5, 0.6) is 5.75 Å². The van der Waals surface area contributed by atoms with E-state index in [0.29, 0.717) is 12.5 Å². The van der Waals surface area contributed by atoms with E-state index in [0.717, 1.165) is 17.2 Å². The highest BCUT2D eigenvalue weighted by Crippen LogP contribution is 2.31. The lowest BCUT2D eigenvalue weighted by Gasteiger charge is -2.22. The third-order valence-corrected chi connectivity index (χ3v) is 3.12. The number of aryl methyl sites for hydroxylation is 2. The van der Waals surface area contributed by atoms with E-state index < -0.39 is 0 Å². The minimum Gasteiger partial charge on any atom is -0.484 e. The molecule has 2 rings (SSSR count). The zero-order valence-electron chi connectivity index (χ0n) is 12.3. The van der Waals surface area contributed by atoms with Crippen molar-refractivity contribution in [2.45, 2.75) is 46.6 Å². The van der Waals surface area contributed by atoms with Gasteiger partial charge in [0, 0.05) is 0 Å². The van der Waals surface area contributed by atoms with Crippen molar-refractivity contribution in [2.24, 2.45) is 0 Å². The third-order valence-electron chi connectivity index (χ3n) is 3.12. The van der Waals surface area contributed by atoms with E-state index in [1.165, 1.54) is 5.56 Å². The first kappa shape index (κ1) is 13.7. The van der Waals surface area contributed by atoms with E-state index in [9.17, 15) is 0 Å². The fourth-order valence-electron chi connectivity index (χ4n) is 1.95. The molecule has 0 aliphatic heterocycles. The van der Waals surface area contributed by atoms with Crippen LogP contribution in [0.4, 0.5) is 0 Å². The second-order valence-corrected chi connectivity index (χ2v) is 5.78. The average molecular weight is 259 g/mol. The number of nitrogens with zero attached hydrogens (tertiary/aromatic N) is 1. The van der Waals surface area contributed by atoms with Crippen LogP contribution in [-0.2, 0) is 12.0 Å². The van der Waals surface area contributed by atoms with Crippen LogP contribution in [0.25, 0.3) is 0 Å². The Morgan fingerprint density at radius 1 is 1.16 bits per heavy atom. The first-order chi connectivity index (χ1) is 8.88. The molecule has 2 aromatic rings. The number of oxazole rings is 1. The van der Waals surface area contributed by atoms with Crippen molar-refractivity contribution >= 4 is 0 Å². The number of ether oxygens (including phenoxy) is 1. The van der Waals surface area contributed by atoms with Gasteiger partial charge in [0.2, 0.25) is 5.89 Å². The SMILES string of the molecule is Cc1nc(COc2ccccc2C(C)(C)C)oc1C. The van der Waals surface area contributed by atoms with Crippen LogP contribution in [0.15, 0.2) is 28.7 Å². The van der Waals surface area contributed by atoms with E-state index >= 15 is 0 Å². The maximum absolute atomic E-state index is 5.86. The number of hydrogen-bond acceptors (Lipinski definition) is 3. The van der Waals surface area contributed by atoms with Crippen molar-refractivity contribution in [3.63, 3.8) is 0 Å². The molecule has 0 radical (unpaired) electrons. The molecule has 0 aliphatic rings. The largest absolute Gasteiger partial charge is 0.484 e.